The molecule has 6 heteroatoms. The summed E-state index contributed by atoms with van der Waals surface area (Å²) in [7, 11) is 1.77. The highest BCUT2D eigenvalue weighted by molar-refractivity contribution is 5.79. The van der Waals surface area contributed by atoms with Crippen molar-refractivity contribution in [1.29, 1.82) is 0 Å². The number of guanidine groups is 1. The molecule has 0 bridgehead atoms. The third kappa shape index (κ3) is 4.58. The van der Waals surface area contributed by atoms with Gasteiger partial charge in [-0.2, -0.15) is 0 Å². The molecule has 0 fully saturated rings. The van der Waals surface area contributed by atoms with Gasteiger partial charge in [-0.05, 0) is 32.4 Å². The van der Waals surface area contributed by atoms with Crippen LogP contribution >= 0.6 is 0 Å². The van der Waals surface area contributed by atoms with Crippen molar-refractivity contribution in [3.8, 4) is 0 Å². The fourth-order valence-electron chi connectivity index (χ4n) is 2.24. The maximum atomic E-state index is 5.16. The van der Waals surface area contributed by atoms with Crippen molar-refractivity contribution in [3.05, 3.63) is 47.1 Å². The summed E-state index contributed by atoms with van der Waals surface area (Å²) in [5.74, 6) is 1.68. The fourth-order valence-corrected chi connectivity index (χ4v) is 2.24. The van der Waals surface area contributed by atoms with E-state index in [1.54, 1.807) is 7.05 Å². The monoisotopic (exact) mass is 301 g/mol. The second kappa shape index (κ2) is 8.17. The third-order valence-corrected chi connectivity index (χ3v) is 3.47. The molecular formula is C16H23N5O. The summed E-state index contributed by atoms with van der Waals surface area (Å²) in [5, 5.41) is 10.5. The number of hydrogen-bond acceptors (Lipinski definition) is 4. The number of aliphatic imine (C=N–C) groups is 1. The van der Waals surface area contributed by atoms with Crippen molar-refractivity contribution in [2.24, 2.45) is 4.99 Å². The minimum absolute atomic E-state index is 0.784. The highest BCUT2D eigenvalue weighted by Crippen LogP contribution is 2.11. The van der Waals surface area contributed by atoms with Crippen LogP contribution in [-0.4, -0.2) is 36.2 Å². The molecule has 2 aromatic rings. The summed E-state index contributed by atoms with van der Waals surface area (Å²) >= 11 is 0. The molecule has 2 rings (SSSR count). The van der Waals surface area contributed by atoms with Crippen LogP contribution in [0, 0.1) is 13.8 Å². The highest BCUT2D eigenvalue weighted by atomic mass is 16.5. The summed E-state index contributed by atoms with van der Waals surface area (Å²) in [6.45, 7) is 5.48. The maximum Gasteiger partial charge on any atom is 0.190 e. The van der Waals surface area contributed by atoms with Crippen molar-refractivity contribution >= 4 is 5.96 Å². The molecule has 0 aromatic carbocycles. The second-order valence-electron chi connectivity index (χ2n) is 5.05. The van der Waals surface area contributed by atoms with Gasteiger partial charge in [-0.3, -0.25) is 9.98 Å². The molecule has 0 amide bonds. The molecule has 0 atom stereocenters. The smallest absolute Gasteiger partial charge is 0.190 e. The van der Waals surface area contributed by atoms with E-state index >= 15 is 0 Å². The average molecular weight is 301 g/mol. The fraction of sp³-hybridized carbons (Fsp3) is 0.438. The van der Waals surface area contributed by atoms with Gasteiger partial charge >= 0.3 is 0 Å². The summed E-state index contributed by atoms with van der Waals surface area (Å²) in [6.07, 6.45) is 3.54. The molecule has 0 radical (unpaired) electrons. The van der Waals surface area contributed by atoms with Crippen molar-refractivity contribution in [3.63, 3.8) is 0 Å². The van der Waals surface area contributed by atoms with Crippen LogP contribution in [0.3, 0.4) is 0 Å². The van der Waals surface area contributed by atoms with Gasteiger partial charge in [0.15, 0.2) is 5.96 Å². The normalized spacial score (nSPS) is 11.5. The van der Waals surface area contributed by atoms with E-state index in [4.69, 9.17) is 4.52 Å². The van der Waals surface area contributed by atoms with Gasteiger partial charge in [0.1, 0.15) is 5.76 Å². The van der Waals surface area contributed by atoms with Gasteiger partial charge in [0, 0.05) is 44.0 Å². The largest absolute Gasteiger partial charge is 0.361 e. The van der Waals surface area contributed by atoms with Crippen LogP contribution in [0.2, 0.25) is 0 Å². The number of nitrogens with one attached hydrogen (secondary N) is 2. The van der Waals surface area contributed by atoms with Gasteiger partial charge in [0.25, 0.3) is 0 Å². The molecule has 0 saturated carbocycles. The molecule has 0 aliphatic rings. The van der Waals surface area contributed by atoms with Crippen LogP contribution in [0.1, 0.15) is 22.7 Å². The standard InChI is InChI=1S/C16H23N5O/c1-12-15(13(2)22-21-12)8-11-20-16(17-3)19-10-7-14-6-4-5-9-18-14/h4-6,9H,7-8,10-11H2,1-3H3,(H2,17,19,20). The lowest BCUT2D eigenvalue weighted by Crippen LogP contribution is -2.39. The van der Waals surface area contributed by atoms with E-state index in [-0.39, 0.29) is 0 Å². The first kappa shape index (κ1) is 16.0. The lowest BCUT2D eigenvalue weighted by molar-refractivity contribution is 0.392. The van der Waals surface area contributed by atoms with Gasteiger partial charge in [0.2, 0.25) is 0 Å². The Morgan fingerprint density at radius 2 is 1.95 bits per heavy atom. The maximum absolute atomic E-state index is 5.16. The van der Waals surface area contributed by atoms with Gasteiger partial charge in [-0.15, -0.1) is 0 Å². The Balaban J connectivity index is 1.71. The zero-order valence-electron chi connectivity index (χ0n) is 13.4. The molecule has 2 heterocycles. The van der Waals surface area contributed by atoms with Crippen LogP contribution in [0.4, 0.5) is 0 Å². The van der Waals surface area contributed by atoms with E-state index in [9.17, 15) is 0 Å². The van der Waals surface area contributed by atoms with E-state index in [1.165, 1.54) is 0 Å². The van der Waals surface area contributed by atoms with Crippen molar-refractivity contribution in [2.45, 2.75) is 26.7 Å². The number of hydrogen-bond donors (Lipinski definition) is 2. The Hall–Kier alpha value is -2.37. The first-order chi connectivity index (χ1) is 10.7. The minimum atomic E-state index is 0.784. The molecule has 0 aliphatic carbocycles. The Kier molecular flexibility index (Phi) is 5.94. The predicted octanol–water partition coefficient (Wildman–Crippen LogP) is 1.64. The average Bonchev–Trinajstić information content (AvgIpc) is 2.86. The topological polar surface area (TPSA) is 75.3 Å². The summed E-state index contributed by atoms with van der Waals surface area (Å²) in [5.41, 5.74) is 3.19. The number of rotatable bonds is 6. The first-order valence-electron chi connectivity index (χ1n) is 7.47. The molecule has 0 spiro atoms. The zero-order valence-corrected chi connectivity index (χ0v) is 13.4. The Morgan fingerprint density at radius 1 is 1.18 bits per heavy atom. The Labute approximate surface area is 131 Å². The van der Waals surface area contributed by atoms with Gasteiger partial charge in [0.05, 0.1) is 5.69 Å². The van der Waals surface area contributed by atoms with E-state index in [1.807, 2.05) is 38.2 Å². The van der Waals surface area contributed by atoms with Crippen LogP contribution in [-0.2, 0) is 12.8 Å². The summed E-state index contributed by atoms with van der Waals surface area (Å²) < 4.78 is 5.16. The Morgan fingerprint density at radius 3 is 2.55 bits per heavy atom. The molecule has 2 N–H and O–H groups in total. The van der Waals surface area contributed by atoms with E-state index in [0.717, 1.165) is 54.6 Å². The van der Waals surface area contributed by atoms with Gasteiger partial charge in [-0.25, -0.2) is 0 Å². The van der Waals surface area contributed by atoms with Crippen LogP contribution < -0.4 is 10.6 Å². The lowest BCUT2D eigenvalue weighted by atomic mass is 10.1. The molecular weight excluding hydrogens is 278 g/mol. The zero-order chi connectivity index (χ0) is 15.8. The number of aromatic nitrogens is 2. The van der Waals surface area contributed by atoms with Crippen LogP contribution in [0.25, 0.3) is 0 Å². The van der Waals surface area contributed by atoms with E-state index in [0.29, 0.717) is 0 Å². The molecule has 2 aromatic heterocycles. The van der Waals surface area contributed by atoms with Gasteiger partial charge in [-0.1, -0.05) is 11.2 Å². The Bertz CT molecular complexity index is 587. The minimum Gasteiger partial charge on any atom is -0.361 e. The SMILES string of the molecule is CN=C(NCCc1ccccn1)NCCc1c(C)noc1C. The molecule has 0 aliphatic heterocycles. The van der Waals surface area contributed by atoms with Gasteiger partial charge < -0.3 is 15.2 Å². The second-order valence-corrected chi connectivity index (χ2v) is 5.05. The number of pyridine rings is 1. The lowest BCUT2D eigenvalue weighted by Gasteiger charge is -2.11. The molecule has 22 heavy (non-hydrogen) atoms. The predicted molar refractivity (Wildman–Crippen MR) is 87.0 cm³/mol. The quantitative estimate of drug-likeness (QED) is 0.626. The molecule has 6 nitrogen and oxygen atoms in total. The number of aryl methyl sites for hydroxylation is 2. The first-order valence-corrected chi connectivity index (χ1v) is 7.47. The van der Waals surface area contributed by atoms with Crippen LogP contribution in [0.15, 0.2) is 33.9 Å². The number of nitrogens with zero attached hydrogens (tertiary/aromatic N) is 3. The molecule has 118 valence electrons. The van der Waals surface area contributed by atoms with E-state index in [2.05, 4.69) is 25.8 Å². The van der Waals surface area contributed by atoms with Crippen LogP contribution in [0.5, 0.6) is 0 Å². The highest BCUT2D eigenvalue weighted by Gasteiger charge is 2.08. The molecule has 0 unspecified atom stereocenters. The van der Waals surface area contributed by atoms with E-state index < -0.39 is 0 Å². The van der Waals surface area contributed by atoms with Crippen molar-refractivity contribution < 1.29 is 4.52 Å². The third-order valence-electron chi connectivity index (χ3n) is 3.47. The summed E-state index contributed by atoms with van der Waals surface area (Å²) in [6, 6.07) is 5.94. The van der Waals surface area contributed by atoms with Crippen molar-refractivity contribution in [2.75, 3.05) is 20.1 Å². The summed E-state index contributed by atoms with van der Waals surface area (Å²) in [4.78, 5) is 8.52. The molecule has 0 saturated heterocycles. The van der Waals surface area contributed by atoms with Crippen molar-refractivity contribution in [1.82, 2.24) is 20.8 Å².